The van der Waals surface area contributed by atoms with Crippen LogP contribution in [-0.4, -0.2) is 81.5 Å². The van der Waals surface area contributed by atoms with Crippen LogP contribution < -0.4 is 14.8 Å². The van der Waals surface area contributed by atoms with Crippen LogP contribution >= 0.6 is 24.0 Å². The Bertz CT molecular complexity index is 690. The Kier molecular flexibility index (Phi) is 10.3. The van der Waals surface area contributed by atoms with E-state index in [4.69, 9.17) is 14.5 Å². The van der Waals surface area contributed by atoms with E-state index in [1.54, 1.807) is 12.1 Å². The van der Waals surface area contributed by atoms with Gasteiger partial charge in [-0.2, -0.15) is 8.78 Å². The maximum Gasteiger partial charge on any atom is 0.387 e. The molecule has 7 nitrogen and oxygen atoms in total. The predicted octanol–water partition coefficient (Wildman–Crippen LogP) is 2.79. The first-order chi connectivity index (χ1) is 14.1. The summed E-state index contributed by atoms with van der Waals surface area (Å²) in [5, 5.41) is 3.34. The number of hydrogen-bond donors (Lipinski definition) is 1. The lowest BCUT2D eigenvalue weighted by atomic mass is 10.2. The number of halogens is 3. The summed E-state index contributed by atoms with van der Waals surface area (Å²) >= 11 is 0. The molecule has 2 heterocycles. The minimum Gasteiger partial charge on any atom is -0.493 e. The zero-order chi connectivity index (χ0) is 20.6. The Morgan fingerprint density at radius 3 is 2.70 bits per heavy atom. The van der Waals surface area contributed by atoms with Gasteiger partial charge in [-0.1, -0.05) is 6.07 Å². The summed E-state index contributed by atoms with van der Waals surface area (Å²) < 4.78 is 40.4. The van der Waals surface area contributed by atoms with Crippen molar-refractivity contribution in [3.63, 3.8) is 0 Å². The molecule has 0 saturated carbocycles. The van der Waals surface area contributed by atoms with Gasteiger partial charge in [0.2, 0.25) is 0 Å². The number of likely N-dealkylation sites (tertiary alicyclic amines) is 1. The maximum absolute atomic E-state index is 12.6. The Labute approximate surface area is 193 Å². The molecule has 2 fully saturated rings. The Hall–Kier alpha value is -1.40. The fraction of sp³-hybridized carbons (Fsp3) is 0.650. The molecule has 2 aliphatic heterocycles. The van der Waals surface area contributed by atoms with Crippen LogP contribution in [0.15, 0.2) is 23.2 Å². The van der Waals surface area contributed by atoms with Crippen LogP contribution in [0.2, 0.25) is 0 Å². The van der Waals surface area contributed by atoms with Crippen molar-refractivity contribution in [1.82, 2.24) is 15.1 Å². The third kappa shape index (κ3) is 6.81. The average Bonchev–Trinajstić information content (AvgIpc) is 3.21. The van der Waals surface area contributed by atoms with Crippen LogP contribution in [-0.2, 0) is 11.3 Å². The van der Waals surface area contributed by atoms with Crippen molar-refractivity contribution in [2.24, 2.45) is 4.99 Å². The largest absolute Gasteiger partial charge is 0.493 e. The minimum absolute atomic E-state index is 0. The molecule has 1 atom stereocenters. The van der Waals surface area contributed by atoms with E-state index in [9.17, 15) is 8.78 Å². The minimum atomic E-state index is -2.90. The van der Waals surface area contributed by atoms with Crippen LogP contribution in [0.3, 0.4) is 0 Å². The second-order valence-corrected chi connectivity index (χ2v) is 7.07. The Morgan fingerprint density at radius 2 is 2.03 bits per heavy atom. The van der Waals surface area contributed by atoms with Crippen molar-refractivity contribution in [2.45, 2.75) is 32.5 Å². The summed E-state index contributed by atoms with van der Waals surface area (Å²) in [6.45, 7) is 5.68. The Balaban J connectivity index is 0.00000320. The molecule has 1 aromatic rings. The second kappa shape index (κ2) is 12.5. The van der Waals surface area contributed by atoms with Gasteiger partial charge < -0.3 is 24.4 Å². The van der Waals surface area contributed by atoms with Gasteiger partial charge in [0, 0.05) is 38.8 Å². The smallest absolute Gasteiger partial charge is 0.387 e. The molecule has 10 heteroatoms. The zero-order valence-electron chi connectivity index (χ0n) is 17.5. The summed E-state index contributed by atoms with van der Waals surface area (Å²) in [6, 6.07) is 5.50. The molecule has 2 aliphatic rings. The molecule has 0 aliphatic carbocycles. The molecule has 170 valence electrons. The number of hydrogen-bond acceptors (Lipinski definition) is 5. The molecule has 0 spiro atoms. The van der Waals surface area contributed by atoms with Crippen molar-refractivity contribution in [2.75, 3.05) is 53.0 Å². The number of methoxy groups -OCH3 is 1. The lowest BCUT2D eigenvalue weighted by Crippen LogP contribution is -2.46. The highest BCUT2D eigenvalue weighted by Gasteiger charge is 2.30. The molecule has 0 aromatic heterocycles. The number of benzene rings is 1. The summed E-state index contributed by atoms with van der Waals surface area (Å²) in [5.74, 6) is 1.14. The van der Waals surface area contributed by atoms with Crippen LogP contribution in [0, 0.1) is 0 Å². The van der Waals surface area contributed by atoms with Crippen molar-refractivity contribution < 1.29 is 23.0 Å². The molecule has 0 radical (unpaired) electrons. The van der Waals surface area contributed by atoms with E-state index in [1.165, 1.54) is 7.11 Å². The highest BCUT2D eigenvalue weighted by Crippen LogP contribution is 2.29. The van der Waals surface area contributed by atoms with E-state index in [0.29, 0.717) is 12.6 Å². The number of ether oxygens (including phenoxy) is 3. The molecule has 30 heavy (non-hydrogen) atoms. The number of nitrogens with one attached hydrogen (secondary N) is 1. The molecule has 0 amide bonds. The van der Waals surface area contributed by atoms with Gasteiger partial charge in [-0.15, -0.1) is 24.0 Å². The van der Waals surface area contributed by atoms with E-state index >= 15 is 0 Å². The number of alkyl halides is 2. The average molecular weight is 540 g/mol. The van der Waals surface area contributed by atoms with Gasteiger partial charge in [-0.25, -0.2) is 4.99 Å². The molecular formula is C20H31F2IN4O3. The van der Waals surface area contributed by atoms with E-state index in [-0.39, 0.29) is 35.5 Å². The van der Waals surface area contributed by atoms with Gasteiger partial charge >= 0.3 is 6.61 Å². The fourth-order valence-corrected chi connectivity index (χ4v) is 3.77. The van der Waals surface area contributed by atoms with Crippen LogP contribution in [0.4, 0.5) is 8.78 Å². The monoisotopic (exact) mass is 540 g/mol. The third-order valence-corrected chi connectivity index (χ3v) is 5.22. The third-order valence-electron chi connectivity index (χ3n) is 5.22. The van der Waals surface area contributed by atoms with Crippen LogP contribution in [0.25, 0.3) is 0 Å². The van der Waals surface area contributed by atoms with Crippen LogP contribution in [0.1, 0.15) is 18.9 Å². The van der Waals surface area contributed by atoms with Crippen molar-refractivity contribution in [3.8, 4) is 11.5 Å². The van der Waals surface area contributed by atoms with Crippen molar-refractivity contribution in [3.05, 3.63) is 23.8 Å². The van der Waals surface area contributed by atoms with Gasteiger partial charge in [0.15, 0.2) is 17.5 Å². The fourth-order valence-electron chi connectivity index (χ4n) is 3.77. The summed E-state index contributed by atoms with van der Waals surface area (Å²) in [4.78, 5) is 9.48. The maximum atomic E-state index is 12.6. The lowest BCUT2D eigenvalue weighted by molar-refractivity contribution is -0.0512. The molecule has 2 saturated heterocycles. The van der Waals surface area contributed by atoms with Gasteiger partial charge in [-0.05, 0) is 31.0 Å². The highest BCUT2D eigenvalue weighted by atomic mass is 127. The molecular weight excluding hydrogens is 509 g/mol. The zero-order valence-corrected chi connectivity index (χ0v) is 19.8. The molecule has 1 aromatic carbocycles. The summed E-state index contributed by atoms with van der Waals surface area (Å²) in [6.07, 6.45) is 1.10. The molecule has 1 N–H and O–H groups in total. The first-order valence-corrected chi connectivity index (χ1v) is 10.1. The van der Waals surface area contributed by atoms with Gasteiger partial charge in [0.05, 0.1) is 26.9 Å². The van der Waals surface area contributed by atoms with Gasteiger partial charge in [-0.3, -0.25) is 4.90 Å². The van der Waals surface area contributed by atoms with E-state index in [2.05, 4.69) is 19.9 Å². The van der Waals surface area contributed by atoms with Gasteiger partial charge in [0.1, 0.15) is 0 Å². The first-order valence-electron chi connectivity index (χ1n) is 10.1. The highest BCUT2D eigenvalue weighted by molar-refractivity contribution is 14.0. The number of aliphatic imine (C=N–C) groups is 1. The standard InChI is InChI=1S/C20H30F2N4O3.HI/c1-3-23-20(26-7-6-16(14-26)25-8-10-28-11-9-25)24-13-15-4-5-17(27-2)18(12-15)29-19(21)22;/h4-5,12,16,19H,3,6-11,13-14H2,1-2H3,(H,23,24);1H. The molecule has 1 unspecified atom stereocenters. The molecule has 3 rings (SSSR count). The van der Waals surface area contributed by atoms with E-state index in [1.807, 2.05) is 13.0 Å². The van der Waals surface area contributed by atoms with Crippen LogP contribution in [0.5, 0.6) is 11.5 Å². The van der Waals surface area contributed by atoms with Crippen molar-refractivity contribution >= 4 is 29.9 Å². The van der Waals surface area contributed by atoms with E-state index in [0.717, 1.165) is 63.9 Å². The topological polar surface area (TPSA) is 58.6 Å². The molecule has 0 bridgehead atoms. The van der Waals surface area contributed by atoms with Gasteiger partial charge in [0.25, 0.3) is 0 Å². The first kappa shape index (κ1) is 24.9. The number of morpholine rings is 1. The second-order valence-electron chi connectivity index (χ2n) is 7.07. The normalized spacial score (nSPS) is 20.2. The number of nitrogens with zero attached hydrogens (tertiary/aromatic N) is 3. The predicted molar refractivity (Wildman–Crippen MR) is 122 cm³/mol. The summed E-state index contributed by atoms with van der Waals surface area (Å²) in [7, 11) is 1.42. The van der Waals surface area contributed by atoms with E-state index < -0.39 is 6.61 Å². The lowest BCUT2D eigenvalue weighted by Gasteiger charge is -2.32. The SMILES string of the molecule is CCNC(=NCc1ccc(OC)c(OC(F)F)c1)N1CCC(N2CCOCC2)C1.I. The number of guanidine groups is 1. The number of rotatable bonds is 7. The Morgan fingerprint density at radius 1 is 1.27 bits per heavy atom. The quantitative estimate of drug-likeness (QED) is 0.326. The summed E-state index contributed by atoms with van der Waals surface area (Å²) in [5.41, 5.74) is 0.778. The van der Waals surface area contributed by atoms with Crippen molar-refractivity contribution in [1.29, 1.82) is 0 Å².